The van der Waals surface area contributed by atoms with Crippen LogP contribution in [0.2, 0.25) is 0 Å². The van der Waals surface area contributed by atoms with Gasteiger partial charge in [-0.2, -0.15) is 0 Å². The van der Waals surface area contributed by atoms with Crippen LogP contribution in [0.25, 0.3) is 10.9 Å². The minimum atomic E-state index is -3.38. The fraction of sp³-hybridized carbons (Fsp3) is 0.304. The summed E-state index contributed by atoms with van der Waals surface area (Å²) in [5.41, 5.74) is 3.48. The third kappa shape index (κ3) is 5.39. The minimum absolute atomic E-state index is 0.0347. The van der Waals surface area contributed by atoms with Crippen LogP contribution in [-0.4, -0.2) is 48.7 Å². The van der Waals surface area contributed by atoms with Crippen molar-refractivity contribution in [2.45, 2.75) is 31.7 Å². The highest BCUT2D eigenvalue weighted by atomic mass is 32.2. The van der Waals surface area contributed by atoms with Gasteiger partial charge in [0.2, 0.25) is 5.91 Å². The number of rotatable bonds is 7. The molecule has 0 aliphatic heterocycles. The highest BCUT2D eigenvalue weighted by Crippen LogP contribution is 2.19. The van der Waals surface area contributed by atoms with Crippen molar-refractivity contribution in [1.29, 1.82) is 0 Å². The molecule has 0 unspecified atom stereocenters. The normalized spacial score (nSPS) is 11.6. The number of nitrogens with one attached hydrogen (secondary N) is 1. The summed E-state index contributed by atoms with van der Waals surface area (Å²) in [7, 11) is -3.38. The lowest BCUT2D eigenvalue weighted by Crippen LogP contribution is -2.36. The van der Waals surface area contributed by atoms with Crippen LogP contribution in [-0.2, 0) is 27.6 Å². The molecule has 0 saturated heterocycles. The molecule has 0 saturated carbocycles. The van der Waals surface area contributed by atoms with Gasteiger partial charge in [-0.1, -0.05) is 23.8 Å². The monoisotopic (exact) mass is 442 g/mol. The van der Waals surface area contributed by atoms with Crippen LogP contribution in [0.1, 0.15) is 22.3 Å². The summed E-state index contributed by atoms with van der Waals surface area (Å²) in [5, 5.41) is 10.3. The Balaban J connectivity index is 1.88. The third-order valence-corrected chi connectivity index (χ3v) is 6.25. The quantitative estimate of drug-likeness (QED) is 0.583. The zero-order chi connectivity index (χ0) is 22.8. The van der Waals surface area contributed by atoms with E-state index in [-0.39, 0.29) is 42.5 Å². The van der Waals surface area contributed by atoms with Crippen molar-refractivity contribution >= 4 is 26.6 Å². The van der Waals surface area contributed by atoms with E-state index < -0.39 is 9.84 Å². The highest BCUT2D eigenvalue weighted by molar-refractivity contribution is 7.90. The minimum Gasteiger partial charge on any atom is -0.395 e. The van der Waals surface area contributed by atoms with E-state index in [2.05, 4.69) is 4.98 Å². The molecule has 7 nitrogen and oxygen atoms in total. The van der Waals surface area contributed by atoms with Gasteiger partial charge in [0.25, 0.3) is 5.56 Å². The van der Waals surface area contributed by atoms with Gasteiger partial charge < -0.3 is 15.0 Å². The predicted octanol–water partition coefficient (Wildman–Crippen LogP) is 2.11. The number of carbonyl (C=O) groups is 1. The first kappa shape index (κ1) is 22.7. The van der Waals surface area contributed by atoms with Gasteiger partial charge in [0.05, 0.1) is 30.0 Å². The van der Waals surface area contributed by atoms with E-state index in [1.165, 1.54) is 17.0 Å². The Morgan fingerprint density at radius 1 is 1.13 bits per heavy atom. The van der Waals surface area contributed by atoms with Crippen molar-refractivity contribution < 1.29 is 18.3 Å². The zero-order valence-electron chi connectivity index (χ0n) is 17.8. The summed E-state index contributed by atoms with van der Waals surface area (Å²) in [4.78, 5) is 30.0. The summed E-state index contributed by atoms with van der Waals surface area (Å²) in [6, 6.07) is 12.0. The number of hydrogen-bond acceptors (Lipinski definition) is 5. The second-order valence-electron chi connectivity index (χ2n) is 7.80. The maximum absolute atomic E-state index is 12.9. The Kier molecular flexibility index (Phi) is 6.62. The smallest absolute Gasteiger partial charge is 0.253 e. The van der Waals surface area contributed by atoms with E-state index in [0.29, 0.717) is 11.1 Å². The number of amides is 1. The topological polar surface area (TPSA) is 108 Å². The van der Waals surface area contributed by atoms with Crippen LogP contribution in [0.15, 0.2) is 52.2 Å². The molecule has 1 aromatic heterocycles. The predicted molar refractivity (Wildman–Crippen MR) is 120 cm³/mol. The lowest BCUT2D eigenvalue weighted by Gasteiger charge is -2.22. The summed E-state index contributed by atoms with van der Waals surface area (Å²) < 4.78 is 23.5. The molecule has 0 atom stereocenters. The number of nitrogens with zero attached hydrogens (tertiary/aromatic N) is 1. The second-order valence-corrected chi connectivity index (χ2v) is 9.82. The van der Waals surface area contributed by atoms with Gasteiger partial charge in [0.15, 0.2) is 9.84 Å². The van der Waals surface area contributed by atoms with Crippen LogP contribution in [0.3, 0.4) is 0 Å². The number of aliphatic hydroxyl groups is 1. The molecule has 0 aliphatic rings. The number of aromatic amines is 1. The van der Waals surface area contributed by atoms with Crippen LogP contribution in [0, 0.1) is 13.8 Å². The Labute approximate surface area is 181 Å². The van der Waals surface area contributed by atoms with Crippen LogP contribution in [0.5, 0.6) is 0 Å². The van der Waals surface area contributed by atoms with Gasteiger partial charge in [0, 0.05) is 18.4 Å². The zero-order valence-corrected chi connectivity index (χ0v) is 18.6. The largest absolute Gasteiger partial charge is 0.395 e. The number of aryl methyl sites for hydroxylation is 2. The summed E-state index contributed by atoms with van der Waals surface area (Å²) in [5.74, 6) is -0.306. The van der Waals surface area contributed by atoms with Crippen molar-refractivity contribution in [2.24, 2.45) is 0 Å². The summed E-state index contributed by atoms with van der Waals surface area (Å²) in [6.45, 7) is 3.76. The first-order valence-corrected chi connectivity index (χ1v) is 11.8. The molecular weight excluding hydrogens is 416 g/mol. The van der Waals surface area contributed by atoms with Gasteiger partial charge in [-0.25, -0.2) is 8.42 Å². The molecule has 0 aliphatic carbocycles. The number of pyridine rings is 1. The van der Waals surface area contributed by atoms with Gasteiger partial charge in [-0.15, -0.1) is 0 Å². The van der Waals surface area contributed by atoms with Gasteiger partial charge in [-0.3, -0.25) is 9.59 Å². The van der Waals surface area contributed by atoms with Crippen molar-refractivity contribution in [3.8, 4) is 0 Å². The summed E-state index contributed by atoms with van der Waals surface area (Å²) >= 11 is 0. The molecule has 3 aromatic rings. The van der Waals surface area contributed by atoms with E-state index >= 15 is 0 Å². The molecule has 3 rings (SSSR count). The molecule has 1 amide bonds. The van der Waals surface area contributed by atoms with Crippen molar-refractivity contribution in [1.82, 2.24) is 9.88 Å². The lowest BCUT2D eigenvalue weighted by molar-refractivity contribution is -0.131. The van der Waals surface area contributed by atoms with E-state index in [4.69, 9.17) is 0 Å². The van der Waals surface area contributed by atoms with Crippen LogP contribution >= 0.6 is 0 Å². The molecule has 0 spiro atoms. The van der Waals surface area contributed by atoms with Crippen molar-refractivity contribution in [3.63, 3.8) is 0 Å². The number of aliphatic hydroxyl groups excluding tert-OH is 1. The van der Waals surface area contributed by atoms with E-state index in [9.17, 15) is 23.1 Å². The van der Waals surface area contributed by atoms with Crippen molar-refractivity contribution in [2.75, 3.05) is 19.4 Å². The van der Waals surface area contributed by atoms with Crippen LogP contribution in [0.4, 0.5) is 0 Å². The number of benzene rings is 2. The molecule has 8 heteroatoms. The molecule has 0 radical (unpaired) electrons. The van der Waals surface area contributed by atoms with Gasteiger partial charge >= 0.3 is 0 Å². The lowest BCUT2D eigenvalue weighted by atomic mass is 10.0. The molecule has 0 bridgehead atoms. The Morgan fingerprint density at radius 2 is 1.87 bits per heavy atom. The number of aromatic nitrogens is 1. The number of fused-ring (bicyclic) bond motifs is 1. The molecular formula is C23H26N2O5S. The van der Waals surface area contributed by atoms with Gasteiger partial charge in [-0.05, 0) is 54.6 Å². The second kappa shape index (κ2) is 9.03. The average Bonchev–Trinajstić information content (AvgIpc) is 2.68. The first-order valence-electron chi connectivity index (χ1n) is 9.89. The standard InChI is InChI=1S/C23H26N2O5S/c1-15-9-16(2)22-18(10-15)13-19(23(28)24-22)14-25(7-8-26)21(27)12-17-5-4-6-20(11-17)31(3,29)30/h4-6,9-11,13,26H,7-8,12,14H2,1-3H3,(H,24,28). The first-order chi connectivity index (χ1) is 14.6. The highest BCUT2D eigenvalue weighted by Gasteiger charge is 2.18. The van der Waals surface area contributed by atoms with Gasteiger partial charge in [0.1, 0.15) is 0 Å². The molecule has 0 fully saturated rings. The fourth-order valence-corrected chi connectivity index (χ4v) is 4.33. The number of carbonyl (C=O) groups excluding carboxylic acids is 1. The van der Waals surface area contributed by atoms with E-state index in [0.717, 1.165) is 28.3 Å². The maximum atomic E-state index is 12.9. The number of H-pyrrole nitrogens is 1. The van der Waals surface area contributed by atoms with E-state index in [1.807, 2.05) is 26.0 Å². The SMILES string of the molecule is Cc1cc(C)c2[nH]c(=O)c(CN(CCO)C(=O)Cc3cccc(S(C)(=O)=O)c3)cc2c1. The average molecular weight is 443 g/mol. The molecule has 2 aromatic carbocycles. The molecule has 1 heterocycles. The Morgan fingerprint density at radius 3 is 2.55 bits per heavy atom. The fourth-order valence-electron chi connectivity index (χ4n) is 3.64. The molecule has 31 heavy (non-hydrogen) atoms. The number of sulfone groups is 1. The van der Waals surface area contributed by atoms with Crippen LogP contribution < -0.4 is 5.56 Å². The summed E-state index contributed by atoms with van der Waals surface area (Å²) in [6.07, 6.45) is 1.08. The molecule has 164 valence electrons. The third-order valence-electron chi connectivity index (χ3n) is 5.14. The van der Waals surface area contributed by atoms with Crippen molar-refractivity contribution in [3.05, 3.63) is 75.1 Å². The number of hydrogen-bond donors (Lipinski definition) is 2. The van der Waals surface area contributed by atoms with E-state index in [1.54, 1.807) is 18.2 Å². The maximum Gasteiger partial charge on any atom is 0.253 e. The Hall–Kier alpha value is -2.97. The Bertz CT molecular complexity index is 1300. The molecule has 2 N–H and O–H groups in total.